The third kappa shape index (κ3) is 3.98. The number of benzene rings is 2. The van der Waals surface area contributed by atoms with Crippen LogP contribution in [0.5, 0.6) is 0 Å². The molecule has 0 spiro atoms. The molecular weight excluding hydrogens is 394 g/mol. The average Bonchev–Trinajstić information content (AvgIpc) is 3.34. The maximum absolute atomic E-state index is 11.4. The Bertz CT molecular complexity index is 1200. The molecule has 1 saturated carbocycles. The van der Waals surface area contributed by atoms with E-state index in [1.165, 1.54) is 16.0 Å². The van der Waals surface area contributed by atoms with Gasteiger partial charge in [-0.15, -0.1) is 11.3 Å². The third-order valence-electron chi connectivity index (χ3n) is 6.12. The minimum Gasteiger partial charge on any atom is -0.408 e. The fourth-order valence-electron chi connectivity index (χ4n) is 4.38. The summed E-state index contributed by atoms with van der Waals surface area (Å²) in [5.41, 5.74) is 5.05. The van der Waals surface area contributed by atoms with Gasteiger partial charge in [-0.1, -0.05) is 36.4 Å². The molecule has 1 fully saturated rings. The third-order valence-corrected chi connectivity index (χ3v) is 7.18. The van der Waals surface area contributed by atoms with Gasteiger partial charge in [-0.05, 0) is 56.2 Å². The predicted octanol–water partition coefficient (Wildman–Crippen LogP) is 5.37. The van der Waals surface area contributed by atoms with Crippen LogP contribution in [0.15, 0.2) is 57.7 Å². The molecular formula is C24H25N3O2S. The Labute approximate surface area is 179 Å². The van der Waals surface area contributed by atoms with Crippen molar-refractivity contribution in [2.45, 2.75) is 51.1 Å². The molecule has 0 unspecified atom stereocenters. The molecule has 2 aromatic heterocycles. The van der Waals surface area contributed by atoms with Crippen LogP contribution < -0.4 is 11.1 Å². The van der Waals surface area contributed by atoms with Gasteiger partial charge in [-0.25, -0.2) is 9.78 Å². The Morgan fingerprint density at radius 2 is 1.93 bits per heavy atom. The number of nitrogens with one attached hydrogen (secondary N) is 2. The van der Waals surface area contributed by atoms with Crippen LogP contribution in [0.25, 0.3) is 21.7 Å². The van der Waals surface area contributed by atoms with E-state index in [9.17, 15) is 4.79 Å². The first-order chi connectivity index (χ1) is 14.7. The molecule has 0 atom stereocenters. The van der Waals surface area contributed by atoms with Crippen molar-refractivity contribution in [1.29, 1.82) is 0 Å². The van der Waals surface area contributed by atoms with E-state index in [0.29, 0.717) is 17.5 Å². The van der Waals surface area contributed by atoms with Gasteiger partial charge in [0, 0.05) is 23.0 Å². The lowest BCUT2D eigenvalue weighted by Crippen LogP contribution is -2.32. The number of rotatable bonds is 5. The van der Waals surface area contributed by atoms with E-state index in [1.807, 2.05) is 18.2 Å². The smallest absolute Gasteiger partial charge is 0.408 e. The lowest BCUT2D eigenvalue weighted by atomic mass is 9.81. The predicted molar refractivity (Wildman–Crippen MR) is 121 cm³/mol. The second kappa shape index (κ2) is 8.20. The number of thiazole rings is 1. The number of aromatic amines is 1. The van der Waals surface area contributed by atoms with Crippen LogP contribution >= 0.6 is 11.3 Å². The molecule has 5 rings (SSSR count). The Morgan fingerprint density at radius 3 is 2.73 bits per heavy atom. The molecule has 6 heteroatoms. The summed E-state index contributed by atoms with van der Waals surface area (Å²) in [4.78, 5) is 20.3. The molecule has 30 heavy (non-hydrogen) atoms. The lowest BCUT2D eigenvalue weighted by molar-refractivity contribution is 0.340. The minimum atomic E-state index is -0.386. The van der Waals surface area contributed by atoms with E-state index in [-0.39, 0.29) is 5.76 Å². The molecule has 5 nitrogen and oxygen atoms in total. The van der Waals surface area contributed by atoms with Gasteiger partial charge in [0.25, 0.3) is 0 Å². The first kappa shape index (κ1) is 19.3. The van der Waals surface area contributed by atoms with Gasteiger partial charge in [0.1, 0.15) is 5.01 Å². The molecule has 0 aliphatic heterocycles. The molecule has 154 valence electrons. The summed E-state index contributed by atoms with van der Waals surface area (Å²) in [5.74, 6) is 0.140. The van der Waals surface area contributed by atoms with Gasteiger partial charge in [-0.2, -0.15) is 0 Å². The molecule has 2 heterocycles. The van der Waals surface area contributed by atoms with Gasteiger partial charge in [0.15, 0.2) is 5.58 Å². The molecule has 4 aromatic rings. The Morgan fingerprint density at radius 1 is 1.13 bits per heavy atom. The maximum atomic E-state index is 11.4. The number of oxazole rings is 1. The number of aromatic nitrogens is 2. The number of hydrogen-bond acceptors (Lipinski definition) is 5. The van der Waals surface area contributed by atoms with Gasteiger partial charge >= 0.3 is 5.76 Å². The van der Waals surface area contributed by atoms with Crippen molar-refractivity contribution in [3.05, 3.63) is 75.2 Å². The zero-order valence-corrected chi connectivity index (χ0v) is 17.8. The first-order valence-corrected chi connectivity index (χ1v) is 11.4. The first-order valence-electron chi connectivity index (χ1n) is 10.5. The Kier molecular flexibility index (Phi) is 5.27. The second-order valence-corrected chi connectivity index (χ2v) is 9.29. The molecule has 0 amide bonds. The molecule has 1 aliphatic rings. The highest BCUT2D eigenvalue weighted by Crippen LogP contribution is 2.34. The molecule has 0 saturated heterocycles. The van der Waals surface area contributed by atoms with Crippen LogP contribution in [-0.4, -0.2) is 16.0 Å². The fraction of sp³-hybridized carbons (Fsp3) is 0.333. The van der Waals surface area contributed by atoms with E-state index < -0.39 is 0 Å². The summed E-state index contributed by atoms with van der Waals surface area (Å²) >= 11 is 1.77. The quantitative estimate of drug-likeness (QED) is 0.456. The van der Waals surface area contributed by atoms with Crippen LogP contribution in [-0.2, 0) is 6.54 Å². The monoisotopic (exact) mass is 419 g/mol. The van der Waals surface area contributed by atoms with Gasteiger partial charge < -0.3 is 9.73 Å². The zero-order valence-electron chi connectivity index (χ0n) is 17.0. The standard InChI is InChI=1S/C24H25N3O2S/c1-15-21(26-23(30-15)17-5-3-2-4-6-17)14-25-19-10-7-16(8-11-19)18-9-12-20-22(13-18)29-24(28)27-20/h2-6,9,12-13,16,19,25H,7-8,10-11,14H2,1H3,(H,27,28)/t16-,19-. The van der Waals surface area contributed by atoms with Crippen molar-refractivity contribution in [3.8, 4) is 10.6 Å². The highest BCUT2D eigenvalue weighted by Gasteiger charge is 2.23. The topological polar surface area (TPSA) is 70.9 Å². The van der Waals surface area contributed by atoms with Gasteiger partial charge in [0.05, 0.1) is 11.2 Å². The Balaban J connectivity index is 1.18. The molecule has 0 bridgehead atoms. The van der Waals surface area contributed by atoms with E-state index in [1.54, 1.807) is 11.3 Å². The second-order valence-electron chi connectivity index (χ2n) is 8.09. The largest absolute Gasteiger partial charge is 0.417 e. The summed E-state index contributed by atoms with van der Waals surface area (Å²) in [6.07, 6.45) is 4.58. The Hall–Kier alpha value is -2.70. The summed E-state index contributed by atoms with van der Waals surface area (Å²) in [5, 5.41) is 4.83. The number of fused-ring (bicyclic) bond motifs is 1. The van der Waals surface area contributed by atoms with Crippen molar-refractivity contribution in [2.75, 3.05) is 0 Å². The maximum Gasteiger partial charge on any atom is 0.417 e. The van der Waals surface area contributed by atoms with Gasteiger partial charge in [-0.3, -0.25) is 4.98 Å². The summed E-state index contributed by atoms with van der Waals surface area (Å²) in [7, 11) is 0. The van der Waals surface area contributed by atoms with E-state index in [2.05, 4.69) is 47.6 Å². The zero-order chi connectivity index (χ0) is 20.5. The van der Waals surface area contributed by atoms with Crippen molar-refractivity contribution < 1.29 is 4.42 Å². The van der Waals surface area contributed by atoms with Crippen molar-refractivity contribution in [2.24, 2.45) is 0 Å². The van der Waals surface area contributed by atoms with Crippen molar-refractivity contribution in [1.82, 2.24) is 15.3 Å². The number of H-pyrrole nitrogens is 1. The van der Waals surface area contributed by atoms with Crippen LogP contribution in [0.2, 0.25) is 0 Å². The fourth-order valence-corrected chi connectivity index (χ4v) is 5.32. The lowest BCUT2D eigenvalue weighted by Gasteiger charge is -2.29. The molecule has 1 aliphatic carbocycles. The average molecular weight is 420 g/mol. The number of aryl methyl sites for hydroxylation is 1. The molecule has 2 N–H and O–H groups in total. The van der Waals surface area contributed by atoms with Crippen LogP contribution in [0.3, 0.4) is 0 Å². The van der Waals surface area contributed by atoms with Crippen LogP contribution in [0.1, 0.15) is 47.7 Å². The summed E-state index contributed by atoms with van der Waals surface area (Å²) in [6.45, 7) is 2.98. The van der Waals surface area contributed by atoms with E-state index in [0.717, 1.165) is 48.4 Å². The summed E-state index contributed by atoms with van der Waals surface area (Å²) < 4.78 is 5.22. The normalized spacial score (nSPS) is 19.4. The van der Waals surface area contributed by atoms with Crippen LogP contribution in [0.4, 0.5) is 0 Å². The summed E-state index contributed by atoms with van der Waals surface area (Å²) in [6, 6.07) is 17.0. The van der Waals surface area contributed by atoms with Crippen LogP contribution in [0, 0.1) is 6.92 Å². The van der Waals surface area contributed by atoms with E-state index in [4.69, 9.17) is 9.40 Å². The van der Waals surface area contributed by atoms with Crippen molar-refractivity contribution in [3.63, 3.8) is 0 Å². The van der Waals surface area contributed by atoms with E-state index >= 15 is 0 Å². The minimum absolute atomic E-state index is 0.386. The number of hydrogen-bond donors (Lipinski definition) is 2. The molecule has 0 radical (unpaired) electrons. The number of nitrogens with zero attached hydrogens (tertiary/aromatic N) is 1. The highest BCUT2D eigenvalue weighted by atomic mass is 32.1. The van der Waals surface area contributed by atoms with Gasteiger partial charge in [0.2, 0.25) is 0 Å². The highest BCUT2D eigenvalue weighted by molar-refractivity contribution is 7.15. The molecule has 2 aromatic carbocycles. The SMILES string of the molecule is Cc1sc(-c2ccccc2)nc1CN[C@H]1CC[C@H](c2ccc3[nH]c(=O)oc3c2)CC1. The van der Waals surface area contributed by atoms with Crippen molar-refractivity contribution >= 4 is 22.4 Å².